The third-order valence-corrected chi connectivity index (χ3v) is 2.59. The quantitative estimate of drug-likeness (QED) is 0.835. The van der Waals surface area contributed by atoms with Crippen molar-refractivity contribution < 1.29 is 9.90 Å². The molecule has 0 saturated carbocycles. The summed E-state index contributed by atoms with van der Waals surface area (Å²) in [5, 5.41) is 16.2. The first kappa shape index (κ1) is 12.3. The van der Waals surface area contributed by atoms with Gasteiger partial charge in [0.25, 0.3) is 0 Å². The minimum Gasteiger partial charge on any atom is -0.478 e. The van der Waals surface area contributed by atoms with Gasteiger partial charge in [0.15, 0.2) is 0 Å². The van der Waals surface area contributed by atoms with Crippen molar-refractivity contribution in [3.63, 3.8) is 0 Å². The van der Waals surface area contributed by atoms with Crippen molar-refractivity contribution in [3.8, 4) is 0 Å². The SMILES string of the molecule is Cn1cc(CNCc2cccc(C(=O)O)c2)cn1. The highest BCUT2D eigenvalue weighted by molar-refractivity contribution is 5.87. The lowest BCUT2D eigenvalue weighted by Gasteiger charge is -2.04. The maximum atomic E-state index is 10.8. The number of hydrogen-bond donors (Lipinski definition) is 2. The molecule has 0 bridgehead atoms. The monoisotopic (exact) mass is 245 g/mol. The summed E-state index contributed by atoms with van der Waals surface area (Å²) in [7, 11) is 1.87. The van der Waals surface area contributed by atoms with Crippen LogP contribution in [0.1, 0.15) is 21.5 Å². The van der Waals surface area contributed by atoms with Crippen molar-refractivity contribution in [1.82, 2.24) is 15.1 Å². The second-order valence-electron chi connectivity index (χ2n) is 4.13. The molecule has 0 aliphatic heterocycles. The molecular formula is C13H15N3O2. The van der Waals surface area contributed by atoms with Gasteiger partial charge in [0, 0.05) is 31.9 Å². The third kappa shape index (κ3) is 3.18. The first-order chi connectivity index (χ1) is 8.65. The Morgan fingerprint density at radius 2 is 2.17 bits per heavy atom. The molecule has 1 aromatic heterocycles. The number of carboxylic acids is 1. The van der Waals surface area contributed by atoms with E-state index in [2.05, 4.69) is 10.4 Å². The fraction of sp³-hybridized carbons (Fsp3) is 0.231. The van der Waals surface area contributed by atoms with Crippen LogP contribution >= 0.6 is 0 Å². The molecule has 0 aliphatic rings. The van der Waals surface area contributed by atoms with E-state index >= 15 is 0 Å². The maximum Gasteiger partial charge on any atom is 0.335 e. The number of carboxylic acid groups (broad SMARTS) is 1. The normalized spacial score (nSPS) is 10.5. The molecule has 5 heteroatoms. The minimum absolute atomic E-state index is 0.315. The Labute approximate surface area is 105 Å². The molecule has 0 atom stereocenters. The summed E-state index contributed by atoms with van der Waals surface area (Å²) in [6.45, 7) is 1.35. The van der Waals surface area contributed by atoms with Crippen molar-refractivity contribution in [3.05, 3.63) is 53.3 Å². The van der Waals surface area contributed by atoms with Gasteiger partial charge in [0.1, 0.15) is 0 Å². The van der Waals surface area contributed by atoms with E-state index in [1.807, 2.05) is 19.3 Å². The van der Waals surface area contributed by atoms with Crippen molar-refractivity contribution in [2.45, 2.75) is 13.1 Å². The van der Waals surface area contributed by atoms with Gasteiger partial charge in [-0.2, -0.15) is 5.10 Å². The van der Waals surface area contributed by atoms with E-state index in [1.54, 1.807) is 29.1 Å². The maximum absolute atomic E-state index is 10.8. The molecule has 18 heavy (non-hydrogen) atoms. The number of aromatic nitrogens is 2. The van der Waals surface area contributed by atoms with Crippen LogP contribution in [0.2, 0.25) is 0 Å². The zero-order valence-electron chi connectivity index (χ0n) is 10.1. The molecule has 1 aromatic carbocycles. The van der Waals surface area contributed by atoms with Crippen LogP contribution in [0.3, 0.4) is 0 Å². The molecule has 94 valence electrons. The van der Waals surface area contributed by atoms with Gasteiger partial charge in [0.2, 0.25) is 0 Å². The average molecular weight is 245 g/mol. The van der Waals surface area contributed by atoms with Crippen LogP contribution < -0.4 is 5.32 Å². The highest BCUT2D eigenvalue weighted by Crippen LogP contribution is 2.05. The van der Waals surface area contributed by atoms with E-state index in [-0.39, 0.29) is 0 Å². The molecule has 1 heterocycles. The smallest absolute Gasteiger partial charge is 0.335 e. The van der Waals surface area contributed by atoms with E-state index < -0.39 is 5.97 Å². The van der Waals surface area contributed by atoms with Gasteiger partial charge in [-0.15, -0.1) is 0 Å². The van der Waals surface area contributed by atoms with Crippen LogP contribution in [0.4, 0.5) is 0 Å². The fourth-order valence-electron chi connectivity index (χ4n) is 1.73. The number of hydrogen-bond acceptors (Lipinski definition) is 3. The Balaban J connectivity index is 1.90. The standard InChI is InChI=1S/C13H15N3O2/c1-16-9-11(8-15-16)7-14-6-10-3-2-4-12(5-10)13(17)18/h2-5,8-9,14H,6-7H2,1H3,(H,17,18). The molecule has 5 nitrogen and oxygen atoms in total. The van der Waals surface area contributed by atoms with E-state index in [0.717, 1.165) is 11.1 Å². The van der Waals surface area contributed by atoms with Gasteiger partial charge in [-0.25, -0.2) is 4.79 Å². The van der Waals surface area contributed by atoms with Crippen LogP contribution in [0.5, 0.6) is 0 Å². The summed E-state index contributed by atoms with van der Waals surface area (Å²) < 4.78 is 1.75. The highest BCUT2D eigenvalue weighted by Gasteiger charge is 2.03. The Kier molecular flexibility index (Phi) is 3.74. The number of aromatic carboxylic acids is 1. The first-order valence-electron chi connectivity index (χ1n) is 5.65. The number of carbonyl (C=O) groups is 1. The molecule has 0 amide bonds. The van der Waals surface area contributed by atoms with E-state index in [0.29, 0.717) is 18.7 Å². The summed E-state index contributed by atoms with van der Waals surface area (Å²) in [4.78, 5) is 10.8. The van der Waals surface area contributed by atoms with Gasteiger partial charge in [-0.1, -0.05) is 12.1 Å². The van der Waals surface area contributed by atoms with Crippen molar-refractivity contribution in [1.29, 1.82) is 0 Å². The molecule has 0 aliphatic carbocycles. The average Bonchev–Trinajstić information content (AvgIpc) is 2.75. The molecular weight excluding hydrogens is 230 g/mol. The predicted molar refractivity (Wildman–Crippen MR) is 67.2 cm³/mol. The van der Waals surface area contributed by atoms with E-state index in [4.69, 9.17) is 5.11 Å². The fourth-order valence-corrected chi connectivity index (χ4v) is 1.73. The Hall–Kier alpha value is -2.14. The van der Waals surface area contributed by atoms with Crippen LogP contribution in [0.15, 0.2) is 36.7 Å². The summed E-state index contributed by atoms with van der Waals surface area (Å²) >= 11 is 0. The van der Waals surface area contributed by atoms with Gasteiger partial charge < -0.3 is 10.4 Å². The number of nitrogens with one attached hydrogen (secondary N) is 1. The van der Waals surface area contributed by atoms with Crippen molar-refractivity contribution in [2.24, 2.45) is 7.05 Å². The Morgan fingerprint density at radius 3 is 2.83 bits per heavy atom. The second kappa shape index (κ2) is 5.46. The number of rotatable bonds is 5. The van der Waals surface area contributed by atoms with Gasteiger partial charge in [0.05, 0.1) is 11.8 Å². The van der Waals surface area contributed by atoms with Gasteiger partial charge >= 0.3 is 5.97 Å². The summed E-state index contributed by atoms with van der Waals surface area (Å²) in [5.41, 5.74) is 2.38. The molecule has 0 fully saturated rings. The van der Waals surface area contributed by atoms with Crippen LogP contribution in [-0.4, -0.2) is 20.9 Å². The lowest BCUT2D eigenvalue weighted by Crippen LogP contribution is -2.12. The Bertz CT molecular complexity index is 549. The van der Waals surface area contributed by atoms with Crippen molar-refractivity contribution >= 4 is 5.97 Å². The zero-order valence-corrected chi connectivity index (χ0v) is 10.1. The van der Waals surface area contributed by atoms with E-state index in [9.17, 15) is 4.79 Å². The largest absolute Gasteiger partial charge is 0.478 e. The molecule has 0 radical (unpaired) electrons. The number of aryl methyl sites for hydroxylation is 1. The lowest BCUT2D eigenvalue weighted by molar-refractivity contribution is 0.0696. The van der Waals surface area contributed by atoms with E-state index in [1.165, 1.54) is 0 Å². The topological polar surface area (TPSA) is 67.2 Å². The lowest BCUT2D eigenvalue weighted by atomic mass is 10.1. The van der Waals surface area contributed by atoms with Crippen LogP contribution in [0.25, 0.3) is 0 Å². The minimum atomic E-state index is -0.899. The number of nitrogens with zero attached hydrogens (tertiary/aromatic N) is 2. The Morgan fingerprint density at radius 1 is 1.39 bits per heavy atom. The van der Waals surface area contributed by atoms with Crippen molar-refractivity contribution in [2.75, 3.05) is 0 Å². The third-order valence-electron chi connectivity index (χ3n) is 2.59. The molecule has 0 spiro atoms. The zero-order chi connectivity index (χ0) is 13.0. The summed E-state index contributed by atoms with van der Waals surface area (Å²) in [6, 6.07) is 6.93. The molecule has 0 unspecified atom stereocenters. The highest BCUT2D eigenvalue weighted by atomic mass is 16.4. The number of benzene rings is 1. The second-order valence-corrected chi connectivity index (χ2v) is 4.13. The summed E-state index contributed by atoms with van der Waals surface area (Å²) in [6.07, 6.45) is 3.75. The first-order valence-corrected chi connectivity index (χ1v) is 5.65. The molecule has 2 aromatic rings. The van der Waals surface area contributed by atoms with Gasteiger partial charge in [-0.3, -0.25) is 4.68 Å². The van der Waals surface area contributed by atoms with Gasteiger partial charge in [-0.05, 0) is 17.7 Å². The molecule has 2 rings (SSSR count). The molecule has 2 N–H and O–H groups in total. The predicted octanol–water partition coefficient (Wildman–Crippen LogP) is 1.41. The van der Waals surface area contributed by atoms with Crippen LogP contribution in [0, 0.1) is 0 Å². The molecule has 0 saturated heterocycles. The summed E-state index contributed by atoms with van der Waals surface area (Å²) in [5.74, 6) is -0.899. The van der Waals surface area contributed by atoms with Crippen LogP contribution in [-0.2, 0) is 20.1 Å².